The molecule has 0 bridgehead atoms. The lowest BCUT2D eigenvalue weighted by molar-refractivity contribution is 0.571. The fourth-order valence-electron chi connectivity index (χ4n) is 2.10. The number of hydrogen-bond donors (Lipinski definition) is 2. The van der Waals surface area contributed by atoms with Crippen molar-refractivity contribution in [3.63, 3.8) is 0 Å². The molecule has 4 rings (SSSR count). The van der Waals surface area contributed by atoms with Crippen molar-refractivity contribution < 1.29 is 4.42 Å². The molecule has 2 N–H and O–H groups in total. The Hall–Kier alpha value is -3.36. The Balaban J connectivity index is 1.57. The van der Waals surface area contributed by atoms with Crippen LogP contribution in [0.3, 0.4) is 0 Å². The van der Waals surface area contributed by atoms with E-state index in [1.54, 1.807) is 6.20 Å². The highest BCUT2D eigenvalue weighted by Crippen LogP contribution is 2.15. The molecule has 0 amide bonds. The van der Waals surface area contributed by atoms with E-state index in [0.29, 0.717) is 18.1 Å². The highest BCUT2D eigenvalue weighted by atomic mass is 16.4. The summed E-state index contributed by atoms with van der Waals surface area (Å²) >= 11 is 0. The first-order chi connectivity index (χ1) is 10.9. The standard InChI is InChI=1S/C13H10N8O/c1-2-10-9(5-14-19-10)3-8(1)4-11-17-12(6-15-20-11)18-13-21-16-7-22-13/h1-3,5-7H,4H2,(H,14,19)(H,17,18,20,21). The van der Waals surface area contributed by atoms with Gasteiger partial charge in [0.05, 0.1) is 17.9 Å². The Morgan fingerprint density at radius 2 is 2.14 bits per heavy atom. The highest BCUT2D eigenvalue weighted by Gasteiger charge is 2.06. The van der Waals surface area contributed by atoms with Crippen LogP contribution in [0.4, 0.5) is 11.8 Å². The third-order valence-corrected chi connectivity index (χ3v) is 3.06. The zero-order valence-corrected chi connectivity index (χ0v) is 11.3. The molecular formula is C13H10N8O. The molecule has 9 heteroatoms. The topological polar surface area (TPSA) is 118 Å². The number of fused-ring (bicyclic) bond motifs is 1. The van der Waals surface area contributed by atoms with Gasteiger partial charge in [-0.3, -0.25) is 10.4 Å². The molecule has 0 aliphatic carbocycles. The summed E-state index contributed by atoms with van der Waals surface area (Å²) in [6.45, 7) is 0. The van der Waals surface area contributed by atoms with Crippen LogP contribution in [0.1, 0.15) is 11.4 Å². The maximum absolute atomic E-state index is 5.00. The molecule has 9 nitrogen and oxygen atoms in total. The van der Waals surface area contributed by atoms with Gasteiger partial charge in [-0.25, -0.2) is 4.98 Å². The minimum absolute atomic E-state index is 0.256. The molecule has 0 aliphatic heterocycles. The highest BCUT2D eigenvalue weighted by molar-refractivity contribution is 5.78. The van der Waals surface area contributed by atoms with Crippen LogP contribution in [0.15, 0.2) is 41.4 Å². The fraction of sp³-hybridized carbons (Fsp3) is 0.0769. The van der Waals surface area contributed by atoms with Crippen molar-refractivity contribution in [3.8, 4) is 0 Å². The molecule has 0 atom stereocenters. The van der Waals surface area contributed by atoms with Gasteiger partial charge in [0, 0.05) is 11.8 Å². The molecule has 0 spiro atoms. The van der Waals surface area contributed by atoms with Crippen LogP contribution in [0.2, 0.25) is 0 Å². The Kier molecular flexibility index (Phi) is 2.93. The van der Waals surface area contributed by atoms with Crippen molar-refractivity contribution in [2.75, 3.05) is 5.32 Å². The van der Waals surface area contributed by atoms with Gasteiger partial charge in [0.1, 0.15) is 0 Å². The van der Waals surface area contributed by atoms with E-state index in [0.717, 1.165) is 16.5 Å². The number of H-pyrrole nitrogens is 1. The molecule has 3 heterocycles. The minimum Gasteiger partial charge on any atom is -0.411 e. The summed E-state index contributed by atoms with van der Waals surface area (Å²) in [7, 11) is 0. The second-order valence-electron chi connectivity index (χ2n) is 4.60. The molecule has 0 fully saturated rings. The molecule has 0 unspecified atom stereocenters. The lowest BCUT2D eigenvalue weighted by Gasteiger charge is -2.03. The molecule has 0 saturated carbocycles. The van der Waals surface area contributed by atoms with E-state index in [9.17, 15) is 0 Å². The maximum atomic E-state index is 5.00. The molecule has 3 aromatic heterocycles. The number of benzene rings is 1. The summed E-state index contributed by atoms with van der Waals surface area (Å²) in [5, 5.41) is 26.1. The normalized spacial score (nSPS) is 10.9. The van der Waals surface area contributed by atoms with E-state index in [1.165, 1.54) is 12.6 Å². The third kappa shape index (κ3) is 2.46. The Bertz CT molecular complexity index is 901. The van der Waals surface area contributed by atoms with Gasteiger partial charge in [0.15, 0.2) is 11.6 Å². The minimum atomic E-state index is 0.256. The van der Waals surface area contributed by atoms with E-state index in [1.807, 2.05) is 18.2 Å². The van der Waals surface area contributed by atoms with Gasteiger partial charge in [0.2, 0.25) is 6.39 Å². The molecule has 22 heavy (non-hydrogen) atoms. The van der Waals surface area contributed by atoms with Gasteiger partial charge in [0.25, 0.3) is 0 Å². The number of nitrogens with one attached hydrogen (secondary N) is 2. The Labute approximate surface area is 123 Å². The average Bonchev–Trinajstić information content (AvgIpc) is 3.18. The first-order valence-corrected chi connectivity index (χ1v) is 6.50. The van der Waals surface area contributed by atoms with Crippen molar-refractivity contribution in [1.82, 2.24) is 35.6 Å². The van der Waals surface area contributed by atoms with Crippen molar-refractivity contribution >= 4 is 22.7 Å². The molecule has 108 valence electrons. The molecule has 0 aliphatic rings. The maximum Gasteiger partial charge on any atom is 0.321 e. The van der Waals surface area contributed by atoms with Crippen LogP contribution in [-0.4, -0.2) is 35.6 Å². The van der Waals surface area contributed by atoms with Crippen LogP contribution < -0.4 is 5.32 Å². The van der Waals surface area contributed by atoms with Crippen molar-refractivity contribution in [3.05, 3.63) is 48.4 Å². The summed E-state index contributed by atoms with van der Waals surface area (Å²) in [5.74, 6) is 1.09. The summed E-state index contributed by atoms with van der Waals surface area (Å²) in [6, 6.07) is 6.28. The molecular weight excluding hydrogens is 284 g/mol. The Morgan fingerprint density at radius 1 is 1.14 bits per heavy atom. The van der Waals surface area contributed by atoms with Gasteiger partial charge < -0.3 is 4.42 Å². The fourth-order valence-corrected chi connectivity index (χ4v) is 2.10. The lowest BCUT2D eigenvalue weighted by Crippen LogP contribution is -2.03. The van der Waals surface area contributed by atoms with Gasteiger partial charge in [-0.15, -0.1) is 10.2 Å². The number of anilines is 2. The lowest BCUT2D eigenvalue weighted by atomic mass is 10.1. The quantitative estimate of drug-likeness (QED) is 0.580. The van der Waals surface area contributed by atoms with Crippen LogP contribution in [0.5, 0.6) is 0 Å². The Morgan fingerprint density at radius 3 is 3.05 bits per heavy atom. The van der Waals surface area contributed by atoms with E-state index in [2.05, 4.69) is 40.9 Å². The zero-order chi connectivity index (χ0) is 14.8. The largest absolute Gasteiger partial charge is 0.411 e. The van der Waals surface area contributed by atoms with E-state index in [-0.39, 0.29) is 6.01 Å². The predicted molar refractivity (Wildman–Crippen MR) is 76.3 cm³/mol. The zero-order valence-electron chi connectivity index (χ0n) is 11.3. The molecule has 1 aromatic carbocycles. The molecule has 0 saturated heterocycles. The van der Waals surface area contributed by atoms with Gasteiger partial charge in [-0.2, -0.15) is 10.2 Å². The van der Waals surface area contributed by atoms with Crippen LogP contribution in [0, 0.1) is 0 Å². The smallest absolute Gasteiger partial charge is 0.321 e. The molecule has 4 aromatic rings. The number of nitrogens with zero attached hydrogens (tertiary/aromatic N) is 6. The summed E-state index contributed by atoms with van der Waals surface area (Å²) in [6.07, 6.45) is 5.07. The van der Waals surface area contributed by atoms with Gasteiger partial charge in [-0.1, -0.05) is 11.2 Å². The summed E-state index contributed by atoms with van der Waals surface area (Å²) in [4.78, 5) is 4.37. The van der Waals surface area contributed by atoms with Gasteiger partial charge in [-0.05, 0) is 17.7 Å². The molecule has 0 radical (unpaired) electrons. The first-order valence-electron chi connectivity index (χ1n) is 6.50. The number of aromatic amines is 1. The van der Waals surface area contributed by atoms with E-state index >= 15 is 0 Å². The second-order valence-corrected chi connectivity index (χ2v) is 4.60. The van der Waals surface area contributed by atoms with Crippen molar-refractivity contribution in [2.24, 2.45) is 0 Å². The van der Waals surface area contributed by atoms with E-state index < -0.39 is 0 Å². The second kappa shape index (κ2) is 5.20. The number of aromatic nitrogens is 7. The number of hydrogen-bond acceptors (Lipinski definition) is 8. The predicted octanol–water partition coefficient (Wildman–Crippen LogP) is 1.47. The van der Waals surface area contributed by atoms with Crippen LogP contribution >= 0.6 is 0 Å². The average molecular weight is 294 g/mol. The summed E-state index contributed by atoms with van der Waals surface area (Å²) in [5.41, 5.74) is 2.07. The van der Waals surface area contributed by atoms with Crippen LogP contribution in [0.25, 0.3) is 10.9 Å². The van der Waals surface area contributed by atoms with Crippen molar-refractivity contribution in [2.45, 2.75) is 6.42 Å². The van der Waals surface area contributed by atoms with Crippen LogP contribution in [-0.2, 0) is 6.42 Å². The third-order valence-electron chi connectivity index (χ3n) is 3.06. The van der Waals surface area contributed by atoms with Crippen molar-refractivity contribution in [1.29, 1.82) is 0 Å². The van der Waals surface area contributed by atoms with E-state index in [4.69, 9.17) is 4.42 Å². The monoisotopic (exact) mass is 294 g/mol. The summed E-state index contributed by atoms with van der Waals surface area (Å²) < 4.78 is 5.00. The number of rotatable bonds is 4. The first kappa shape index (κ1) is 12.4. The van der Waals surface area contributed by atoms with Gasteiger partial charge >= 0.3 is 6.01 Å². The SMILES string of the molecule is c1nnc(Nc2cnnc(Cc3ccc4[nH]ncc4c3)n2)o1.